The van der Waals surface area contributed by atoms with Crippen LogP contribution in [-0.4, -0.2) is 55.4 Å². The predicted molar refractivity (Wildman–Crippen MR) is 56.6 cm³/mol. The molecule has 0 spiro atoms. The maximum atomic E-state index is 11.7. The van der Waals surface area contributed by atoms with E-state index in [-0.39, 0.29) is 6.54 Å². The Morgan fingerprint density at radius 3 is 2.00 bits per heavy atom. The fraction of sp³-hybridized carbons (Fsp3) is 0.625. The summed E-state index contributed by atoms with van der Waals surface area (Å²) in [6.45, 7) is 1.87. The molecule has 8 nitrogen and oxygen atoms in total. The summed E-state index contributed by atoms with van der Waals surface area (Å²) in [6.07, 6.45) is 0. The Morgan fingerprint density at radius 2 is 1.65 bits per heavy atom. The molecule has 1 aliphatic heterocycles. The highest BCUT2D eigenvalue weighted by Crippen LogP contribution is 2.19. The van der Waals surface area contributed by atoms with Gasteiger partial charge in [-0.2, -0.15) is 8.42 Å². The third-order valence-electron chi connectivity index (χ3n) is 2.42. The lowest BCUT2D eigenvalue weighted by Crippen LogP contribution is -2.60. The Bertz CT molecular complexity index is 444. The number of hydrogen-bond donors (Lipinski definition) is 1. The molecule has 17 heavy (non-hydrogen) atoms. The third-order valence-corrected chi connectivity index (χ3v) is 4.16. The zero-order valence-corrected chi connectivity index (χ0v) is 10.4. The molecule has 0 radical (unpaired) electrons. The van der Waals surface area contributed by atoms with Gasteiger partial charge in [0, 0.05) is 20.6 Å². The molecule has 0 aliphatic carbocycles. The SMILES string of the molecule is CCNC(=O)C1C(=O)N(C)S(=O)(=O)N(C)C1=O. The van der Waals surface area contributed by atoms with Gasteiger partial charge < -0.3 is 5.32 Å². The van der Waals surface area contributed by atoms with Crippen LogP contribution in [0.2, 0.25) is 0 Å². The Labute approximate surface area is 98.7 Å². The molecule has 1 saturated heterocycles. The number of nitrogens with one attached hydrogen (secondary N) is 1. The lowest BCUT2D eigenvalue weighted by Gasteiger charge is -2.33. The van der Waals surface area contributed by atoms with Gasteiger partial charge in [0.15, 0.2) is 5.92 Å². The van der Waals surface area contributed by atoms with Crippen molar-refractivity contribution in [3.05, 3.63) is 0 Å². The maximum Gasteiger partial charge on any atom is 0.330 e. The first-order chi connectivity index (χ1) is 7.75. The van der Waals surface area contributed by atoms with Gasteiger partial charge in [0.05, 0.1) is 0 Å². The number of amides is 3. The van der Waals surface area contributed by atoms with E-state index in [1.54, 1.807) is 6.92 Å². The Kier molecular flexibility index (Phi) is 3.41. The molecular weight excluding hydrogens is 250 g/mol. The molecule has 96 valence electrons. The van der Waals surface area contributed by atoms with Crippen LogP contribution in [0.1, 0.15) is 6.92 Å². The normalized spacial score (nSPS) is 20.6. The smallest absolute Gasteiger partial charge is 0.330 e. The van der Waals surface area contributed by atoms with Gasteiger partial charge in [0.1, 0.15) is 0 Å². The van der Waals surface area contributed by atoms with E-state index in [9.17, 15) is 22.8 Å². The van der Waals surface area contributed by atoms with E-state index in [1.165, 1.54) is 0 Å². The second-order valence-corrected chi connectivity index (χ2v) is 5.44. The molecule has 1 aliphatic rings. The van der Waals surface area contributed by atoms with Crippen LogP contribution in [0, 0.1) is 5.92 Å². The fourth-order valence-corrected chi connectivity index (χ4v) is 2.41. The molecule has 1 rings (SSSR count). The van der Waals surface area contributed by atoms with Gasteiger partial charge in [-0.3, -0.25) is 14.4 Å². The van der Waals surface area contributed by atoms with E-state index < -0.39 is 33.8 Å². The quantitative estimate of drug-likeness (QED) is 0.575. The summed E-state index contributed by atoms with van der Waals surface area (Å²) in [5.74, 6) is -4.51. The van der Waals surface area contributed by atoms with Crippen molar-refractivity contribution in [1.82, 2.24) is 13.9 Å². The minimum Gasteiger partial charge on any atom is -0.355 e. The van der Waals surface area contributed by atoms with E-state index in [4.69, 9.17) is 0 Å². The second-order valence-electron chi connectivity index (χ2n) is 3.45. The zero-order chi connectivity index (χ0) is 13.4. The van der Waals surface area contributed by atoms with E-state index in [2.05, 4.69) is 5.32 Å². The van der Waals surface area contributed by atoms with Crippen molar-refractivity contribution in [3.63, 3.8) is 0 Å². The Balaban J connectivity index is 3.16. The summed E-state index contributed by atoms with van der Waals surface area (Å²) in [7, 11) is -2.12. The molecule has 1 fully saturated rings. The first-order valence-electron chi connectivity index (χ1n) is 4.83. The summed E-state index contributed by atoms with van der Waals surface area (Å²) >= 11 is 0. The molecule has 0 atom stereocenters. The molecule has 0 unspecified atom stereocenters. The topological polar surface area (TPSA) is 104 Å². The lowest BCUT2D eigenvalue weighted by atomic mass is 10.1. The number of hydrogen-bond acceptors (Lipinski definition) is 5. The predicted octanol–water partition coefficient (Wildman–Crippen LogP) is -2.09. The highest BCUT2D eigenvalue weighted by molar-refractivity contribution is 7.88. The van der Waals surface area contributed by atoms with Crippen LogP contribution in [-0.2, 0) is 24.6 Å². The zero-order valence-electron chi connectivity index (χ0n) is 9.63. The number of nitrogens with zero attached hydrogens (tertiary/aromatic N) is 2. The molecule has 0 aromatic heterocycles. The van der Waals surface area contributed by atoms with E-state index in [1.807, 2.05) is 0 Å². The van der Waals surface area contributed by atoms with Crippen molar-refractivity contribution in [2.24, 2.45) is 5.92 Å². The number of carbonyl (C=O) groups is 3. The second kappa shape index (κ2) is 4.32. The highest BCUT2D eigenvalue weighted by atomic mass is 32.2. The van der Waals surface area contributed by atoms with Gasteiger partial charge in [0.25, 0.3) is 11.8 Å². The summed E-state index contributed by atoms with van der Waals surface area (Å²) in [5.41, 5.74) is 0. The minimum absolute atomic E-state index is 0.246. The van der Waals surface area contributed by atoms with Gasteiger partial charge in [-0.1, -0.05) is 0 Å². The molecule has 3 amide bonds. The Hall–Kier alpha value is -1.64. The highest BCUT2D eigenvalue weighted by Gasteiger charge is 2.49. The van der Waals surface area contributed by atoms with Crippen molar-refractivity contribution >= 4 is 27.9 Å². The standard InChI is InChI=1S/C8H13N3O5S/c1-4-9-6(12)5-7(13)10(2)17(15,16)11(3)8(5)14/h5H,4H2,1-3H3,(H,9,12). The van der Waals surface area contributed by atoms with E-state index in [0.717, 1.165) is 14.1 Å². The summed E-state index contributed by atoms with van der Waals surface area (Å²) in [6, 6.07) is 0. The Morgan fingerprint density at radius 1 is 1.24 bits per heavy atom. The molecule has 0 aromatic carbocycles. The average Bonchev–Trinajstić information content (AvgIpc) is 2.25. The van der Waals surface area contributed by atoms with Gasteiger partial charge in [-0.15, -0.1) is 0 Å². The summed E-state index contributed by atoms with van der Waals surface area (Å²) in [4.78, 5) is 34.8. The van der Waals surface area contributed by atoms with Crippen molar-refractivity contribution < 1.29 is 22.8 Å². The fourth-order valence-electron chi connectivity index (χ4n) is 1.38. The number of rotatable bonds is 2. The summed E-state index contributed by atoms with van der Waals surface area (Å²) < 4.78 is 23.9. The van der Waals surface area contributed by atoms with E-state index >= 15 is 0 Å². The summed E-state index contributed by atoms with van der Waals surface area (Å²) in [5, 5.41) is 2.32. The van der Waals surface area contributed by atoms with Gasteiger partial charge in [-0.25, -0.2) is 8.61 Å². The monoisotopic (exact) mass is 263 g/mol. The molecule has 0 bridgehead atoms. The van der Waals surface area contributed by atoms with Crippen LogP contribution in [0.25, 0.3) is 0 Å². The molecule has 0 aromatic rings. The van der Waals surface area contributed by atoms with Crippen molar-refractivity contribution in [2.75, 3.05) is 20.6 Å². The van der Waals surface area contributed by atoms with Crippen LogP contribution in [0.5, 0.6) is 0 Å². The average molecular weight is 263 g/mol. The lowest BCUT2D eigenvalue weighted by molar-refractivity contribution is -0.149. The molecular formula is C8H13N3O5S. The van der Waals surface area contributed by atoms with Crippen LogP contribution >= 0.6 is 0 Å². The minimum atomic E-state index is -4.13. The van der Waals surface area contributed by atoms with Crippen LogP contribution in [0.3, 0.4) is 0 Å². The first-order valence-corrected chi connectivity index (χ1v) is 6.23. The van der Waals surface area contributed by atoms with Crippen LogP contribution in [0.4, 0.5) is 0 Å². The van der Waals surface area contributed by atoms with Gasteiger partial charge in [0.2, 0.25) is 5.91 Å². The van der Waals surface area contributed by atoms with Crippen LogP contribution < -0.4 is 5.32 Å². The largest absolute Gasteiger partial charge is 0.355 e. The van der Waals surface area contributed by atoms with Gasteiger partial charge in [-0.05, 0) is 6.92 Å². The van der Waals surface area contributed by atoms with Crippen molar-refractivity contribution in [1.29, 1.82) is 0 Å². The molecule has 0 saturated carbocycles. The van der Waals surface area contributed by atoms with Crippen LogP contribution in [0.15, 0.2) is 0 Å². The molecule has 9 heteroatoms. The molecule has 1 heterocycles. The van der Waals surface area contributed by atoms with Crippen molar-refractivity contribution in [2.45, 2.75) is 6.92 Å². The van der Waals surface area contributed by atoms with Crippen molar-refractivity contribution in [3.8, 4) is 0 Å². The maximum absolute atomic E-state index is 11.7. The number of carbonyl (C=O) groups excluding carboxylic acids is 3. The first kappa shape index (κ1) is 13.4. The molecule has 1 N–H and O–H groups in total. The van der Waals surface area contributed by atoms with Gasteiger partial charge >= 0.3 is 10.2 Å². The third kappa shape index (κ3) is 1.97. The van der Waals surface area contributed by atoms with E-state index in [0.29, 0.717) is 8.61 Å².